The molecule has 1 unspecified atom stereocenters. The molecule has 1 fully saturated rings. The fourth-order valence-corrected chi connectivity index (χ4v) is 3.29. The topological polar surface area (TPSA) is 18.5 Å². The molecule has 0 amide bonds. The molecule has 0 saturated carbocycles. The number of hydrogen-bond donors (Lipinski definition) is 1. The van der Waals surface area contributed by atoms with Crippen LogP contribution >= 0.6 is 0 Å². The number of benzene rings is 1. The molecule has 0 radical (unpaired) electrons. The molecule has 20 heavy (non-hydrogen) atoms. The Morgan fingerprint density at radius 2 is 2.05 bits per heavy atom. The lowest BCUT2D eigenvalue weighted by Crippen LogP contribution is -2.57. The predicted octanol–water partition coefficient (Wildman–Crippen LogP) is 2.96. The molecule has 3 nitrogen and oxygen atoms in total. The fourth-order valence-electron chi connectivity index (χ4n) is 3.29. The van der Waals surface area contributed by atoms with E-state index in [0.29, 0.717) is 6.04 Å². The molecule has 0 aromatic heterocycles. The van der Waals surface area contributed by atoms with Crippen LogP contribution in [0, 0.1) is 0 Å². The van der Waals surface area contributed by atoms with Gasteiger partial charge in [-0.15, -0.1) is 0 Å². The normalized spacial score (nSPS) is 26.0. The van der Waals surface area contributed by atoms with E-state index in [0.717, 1.165) is 19.6 Å². The van der Waals surface area contributed by atoms with E-state index in [1.54, 1.807) is 0 Å². The summed E-state index contributed by atoms with van der Waals surface area (Å²) in [6, 6.07) is 7.56. The smallest absolute Gasteiger partial charge is 0.0376 e. The van der Waals surface area contributed by atoms with Crippen LogP contribution in [-0.2, 0) is 6.42 Å². The lowest BCUT2D eigenvalue weighted by Gasteiger charge is -2.46. The quantitative estimate of drug-likeness (QED) is 0.848. The predicted molar refractivity (Wildman–Crippen MR) is 86.8 cm³/mol. The van der Waals surface area contributed by atoms with E-state index in [-0.39, 0.29) is 5.54 Å². The molecule has 1 saturated heterocycles. The number of piperazine rings is 1. The van der Waals surface area contributed by atoms with E-state index in [2.05, 4.69) is 61.1 Å². The van der Waals surface area contributed by atoms with E-state index in [1.807, 2.05) is 0 Å². The molecule has 1 aromatic rings. The van der Waals surface area contributed by atoms with Crippen molar-refractivity contribution in [1.82, 2.24) is 4.90 Å². The van der Waals surface area contributed by atoms with E-state index in [9.17, 15) is 0 Å². The number of nitrogens with one attached hydrogen (secondary N) is 1. The summed E-state index contributed by atoms with van der Waals surface area (Å²) in [4.78, 5) is 5.00. The van der Waals surface area contributed by atoms with Crippen LogP contribution in [0.15, 0.2) is 18.2 Å². The largest absolute Gasteiger partial charge is 0.382 e. The second kappa shape index (κ2) is 4.96. The third kappa shape index (κ3) is 2.51. The zero-order chi connectivity index (χ0) is 14.3. The van der Waals surface area contributed by atoms with E-state index in [1.165, 1.54) is 29.8 Å². The Labute approximate surface area is 123 Å². The van der Waals surface area contributed by atoms with Gasteiger partial charge in [-0.2, -0.15) is 0 Å². The molecule has 1 aromatic carbocycles. The number of aryl methyl sites for hydroxylation is 1. The fraction of sp³-hybridized carbons (Fsp3) is 0.647. The zero-order valence-electron chi connectivity index (χ0n) is 13.2. The summed E-state index contributed by atoms with van der Waals surface area (Å²) in [5.74, 6) is 0. The Kier molecular flexibility index (Phi) is 3.41. The highest BCUT2D eigenvalue weighted by atomic mass is 15.3. The Hall–Kier alpha value is -1.22. The summed E-state index contributed by atoms with van der Waals surface area (Å²) in [7, 11) is 2.23. The van der Waals surface area contributed by atoms with Gasteiger partial charge in [-0.1, -0.05) is 0 Å². The molecular weight excluding hydrogens is 246 g/mol. The Balaban J connectivity index is 1.81. The van der Waals surface area contributed by atoms with Gasteiger partial charge in [0, 0.05) is 42.6 Å². The average molecular weight is 273 g/mol. The molecule has 2 heterocycles. The van der Waals surface area contributed by atoms with Crippen molar-refractivity contribution >= 4 is 11.4 Å². The van der Waals surface area contributed by atoms with Gasteiger partial charge in [0.2, 0.25) is 0 Å². The maximum absolute atomic E-state index is 3.59. The second-order valence-electron chi connectivity index (χ2n) is 7.08. The van der Waals surface area contributed by atoms with Gasteiger partial charge in [-0.05, 0) is 64.4 Å². The van der Waals surface area contributed by atoms with Crippen molar-refractivity contribution in [2.75, 3.05) is 36.9 Å². The van der Waals surface area contributed by atoms with Gasteiger partial charge in [0.15, 0.2) is 0 Å². The number of hydrogen-bond acceptors (Lipinski definition) is 3. The van der Waals surface area contributed by atoms with Crippen LogP contribution in [0.4, 0.5) is 11.4 Å². The van der Waals surface area contributed by atoms with Gasteiger partial charge in [0.25, 0.3) is 0 Å². The zero-order valence-corrected chi connectivity index (χ0v) is 13.2. The average Bonchev–Trinajstić information content (AvgIpc) is 2.41. The number of anilines is 2. The minimum Gasteiger partial charge on any atom is -0.382 e. The molecule has 3 heteroatoms. The third-order valence-corrected chi connectivity index (χ3v) is 5.02. The standard InChI is InChI=1S/C17H27N3/c1-13-5-6-14-11-15(7-8-16(14)18-13)20-10-9-19(4)17(2,3)12-20/h7-8,11,13,18H,5-6,9-10,12H2,1-4H3. The Morgan fingerprint density at radius 3 is 2.80 bits per heavy atom. The molecule has 0 bridgehead atoms. The monoisotopic (exact) mass is 273 g/mol. The first kappa shape index (κ1) is 13.7. The summed E-state index contributed by atoms with van der Waals surface area (Å²) < 4.78 is 0. The van der Waals surface area contributed by atoms with Gasteiger partial charge in [-0.25, -0.2) is 0 Å². The van der Waals surface area contributed by atoms with Crippen LogP contribution in [0.3, 0.4) is 0 Å². The van der Waals surface area contributed by atoms with Crippen molar-refractivity contribution < 1.29 is 0 Å². The number of fused-ring (bicyclic) bond motifs is 1. The summed E-state index contributed by atoms with van der Waals surface area (Å²) in [6.07, 6.45) is 2.44. The van der Waals surface area contributed by atoms with Crippen molar-refractivity contribution in [1.29, 1.82) is 0 Å². The van der Waals surface area contributed by atoms with Crippen LogP contribution in [0.1, 0.15) is 32.8 Å². The second-order valence-corrected chi connectivity index (χ2v) is 7.08. The van der Waals surface area contributed by atoms with E-state index < -0.39 is 0 Å². The first-order valence-electron chi connectivity index (χ1n) is 7.81. The SMILES string of the molecule is CC1CCc2cc(N3CCN(C)C(C)(C)C3)ccc2N1. The van der Waals surface area contributed by atoms with Crippen molar-refractivity contribution in [2.45, 2.75) is 45.2 Å². The summed E-state index contributed by atoms with van der Waals surface area (Å²) in [6.45, 7) is 10.3. The minimum atomic E-state index is 0.251. The molecule has 1 atom stereocenters. The van der Waals surface area contributed by atoms with Crippen molar-refractivity contribution in [3.63, 3.8) is 0 Å². The van der Waals surface area contributed by atoms with Crippen molar-refractivity contribution in [3.05, 3.63) is 23.8 Å². The summed E-state index contributed by atoms with van der Waals surface area (Å²) in [5.41, 5.74) is 4.46. The number of nitrogens with zero attached hydrogens (tertiary/aromatic N) is 2. The van der Waals surface area contributed by atoms with Crippen LogP contribution < -0.4 is 10.2 Å². The Bertz CT molecular complexity index is 495. The molecule has 3 rings (SSSR count). The molecule has 2 aliphatic rings. The van der Waals surface area contributed by atoms with Crippen LogP contribution in [0.25, 0.3) is 0 Å². The highest BCUT2D eigenvalue weighted by molar-refractivity contribution is 5.62. The first-order valence-corrected chi connectivity index (χ1v) is 7.81. The van der Waals surface area contributed by atoms with E-state index in [4.69, 9.17) is 0 Å². The summed E-state index contributed by atoms with van der Waals surface area (Å²) >= 11 is 0. The number of likely N-dealkylation sites (N-methyl/N-ethyl adjacent to an activating group) is 1. The van der Waals surface area contributed by atoms with Crippen molar-refractivity contribution in [3.8, 4) is 0 Å². The minimum absolute atomic E-state index is 0.251. The number of rotatable bonds is 1. The van der Waals surface area contributed by atoms with Crippen molar-refractivity contribution in [2.24, 2.45) is 0 Å². The lowest BCUT2D eigenvalue weighted by molar-refractivity contribution is 0.139. The van der Waals surface area contributed by atoms with Gasteiger partial charge in [-0.3, -0.25) is 4.90 Å². The molecule has 2 aliphatic heterocycles. The molecule has 1 N–H and O–H groups in total. The lowest BCUT2D eigenvalue weighted by atomic mass is 9.96. The first-order chi connectivity index (χ1) is 9.45. The highest BCUT2D eigenvalue weighted by Gasteiger charge is 2.31. The van der Waals surface area contributed by atoms with Gasteiger partial charge < -0.3 is 10.2 Å². The highest BCUT2D eigenvalue weighted by Crippen LogP contribution is 2.31. The molecule has 110 valence electrons. The van der Waals surface area contributed by atoms with Crippen LogP contribution in [-0.4, -0.2) is 43.2 Å². The maximum Gasteiger partial charge on any atom is 0.0376 e. The Morgan fingerprint density at radius 1 is 1.25 bits per heavy atom. The maximum atomic E-state index is 3.59. The van der Waals surface area contributed by atoms with Gasteiger partial charge >= 0.3 is 0 Å². The summed E-state index contributed by atoms with van der Waals surface area (Å²) in [5, 5.41) is 3.59. The molecule has 0 aliphatic carbocycles. The third-order valence-electron chi connectivity index (χ3n) is 5.02. The van der Waals surface area contributed by atoms with Crippen LogP contribution in [0.5, 0.6) is 0 Å². The van der Waals surface area contributed by atoms with Gasteiger partial charge in [0.1, 0.15) is 0 Å². The molecule has 0 spiro atoms. The van der Waals surface area contributed by atoms with Gasteiger partial charge in [0.05, 0.1) is 0 Å². The molecular formula is C17H27N3. The van der Waals surface area contributed by atoms with Crippen LogP contribution in [0.2, 0.25) is 0 Å². The van der Waals surface area contributed by atoms with E-state index >= 15 is 0 Å².